The lowest BCUT2D eigenvalue weighted by molar-refractivity contribution is -0.114. The Morgan fingerprint density at radius 1 is 0.867 bits per heavy atom. The molecule has 6 nitrogen and oxygen atoms in total. The van der Waals surface area contributed by atoms with Crippen LogP contribution >= 0.6 is 11.8 Å². The summed E-state index contributed by atoms with van der Waals surface area (Å²) in [6.45, 7) is -0.338. The number of anilines is 2. The number of rotatable bonds is 8. The zero-order valence-corrected chi connectivity index (χ0v) is 18.4. The number of hydrogen-bond acceptors (Lipinski definition) is 4. The molecule has 0 atom stereocenters. The summed E-state index contributed by atoms with van der Waals surface area (Å²) < 4.78 is 27.8. The van der Waals surface area contributed by atoms with E-state index in [2.05, 4.69) is 5.32 Å². The highest BCUT2D eigenvalue weighted by molar-refractivity contribution is 7.99. The molecule has 0 aromatic heterocycles. The molecular weight excluding hydrogens is 418 g/mol. The van der Waals surface area contributed by atoms with Gasteiger partial charge in [-0.3, -0.25) is 4.79 Å². The van der Waals surface area contributed by atoms with E-state index in [0.29, 0.717) is 11.4 Å². The molecule has 0 aliphatic carbocycles. The van der Waals surface area contributed by atoms with Gasteiger partial charge in [-0.15, -0.1) is 0 Å². The molecule has 0 fully saturated rings. The van der Waals surface area contributed by atoms with Crippen molar-refractivity contribution in [2.75, 3.05) is 30.3 Å². The van der Waals surface area contributed by atoms with Crippen LogP contribution in [-0.2, 0) is 15.0 Å². The average molecular weight is 442 g/mol. The molecule has 8 heteroatoms. The monoisotopic (exact) mass is 441 g/mol. The predicted octanol–water partition coefficient (Wildman–Crippen LogP) is 4.09. The summed E-state index contributed by atoms with van der Waals surface area (Å²) >= 11 is 1.53. The molecule has 0 heterocycles. The lowest BCUT2D eigenvalue weighted by Crippen LogP contribution is -2.44. The van der Waals surface area contributed by atoms with E-state index in [0.717, 1.165) is 18.4 Å². The third kappa shape index (κ3) is 5.41. The summed E-state index contributed by atoms with van der Waals surface area (Å²) in [5.74, 6) is -0.426. The van der Waals surface area contributed by atoms with E-state index in [1.165, 1.54) is 25.9 Å². The Morgan fingerprint density at radius 3 is 2.07 bits per heavy atom. The second-order valence-corrected chi connectivity index (χ2v) is 9.77. The standard InChI is InChI=1S/C22H23N3O3S2/c1-24(2)30(27,28)25(18-11-5-3-6-12-18)17-22(26)23-20-15-9-10-16-21(20)29-19-13-7-4-8-14-19/h3-16H,17H2,1-2H3,(H,23,26). The molecular formula is C22H23N3O3S2. The molecule has 0 saturated heterocycles. The number of nitrogens with one attached hydrogen (secondary N) is 1. The SMILES string of the molecule is CN(C)S(=O)(=O)N(CC(=O)Nc1ccccc1Sc1ccccc1)c1ccccc1. The van der Waals surface area contributed by atoms with Crippen LogP contribution in [-0.4, -0.2) is 39.3 Å². The number of benzene rings is 3. The van der Waals surface area contributed by atoms with Gasteiger partial charge in [0.25, 0.3) is 0 Å². The molecule has 0 saturated carbocycles. The molecule has 0 aliphatic heterocycles. The normalized spacial score (nSPS) is 11.3. The first kappa shape index (κ1) is 21.9. The van der Waals surface area contributed by atoms with Crippen molar-refractivity contribution in [3.05, 3.63) is 84.9 Å². The van der Waals surface area contributed by atoms with Crippen molar-refractivity contribution in [1.82, 2.24) is 4.31 Å². The van der Waals surface area contributed by atoms with Gasteiger partial charge in [0.2, 0.25) is 5.91 Å². The first-order chi connectivity index (χ1) is 14.4. The maximum Gasteiger partial charge on any atom is 0.304 e. The van der Waals surface area contributed by atoms with Crippen LogP contribution in [0.15, 0.2) is 94.7 Å². The van der Waals surface area contributed by atoms with Gasteiger partial charge < -0.3 is 5.32 Å². The van der Waals surface area contributed by atoms with Crippen molar-refractivity contribution in [3.8, 4) is 0 Å². The Bertz CT molecular complexity index is 1090. The molecule has 3 aromatic carbocycles. The predicted molar refractivity (Wildman–Crippen MR) is 122 cm³/mol. The number of nitrogens with zero attached hydrogens (tertiary/aromatic N) is 2. The fourth-order valence-electron chi connectivity index (χ4n) is 2.69. The summed E-state index contributed by atoms with van der Waals surface area (Å²) in [7, 11) is -0.959. The lowest BCUT2D eigenvalue weighted by Gasteiger charge is -2.27. The molecule has 156 valence electrons. The van der Waals surface area contributed by atoms with E-state index in [-0.39, 0.29) is 6.54 Å². The molecule has 0 spiro atoms. The zero-order valence-electron chi connectivity index (χ0n) is 16.7. The van der Waals surface area contributed by atoms with Gasteiger partial charge in [0.15, 0.2) is 0 Å². The topological polar surface area (TPSA) is 69.7 Å². The van der Waals surface area contributed by atoms with Gasteiger partial charge in [0.1, 0.15) is 6.54 Å². The third-order valence-electron chi connectivity index (χ3n) is 4.20. The van der Waals surface area contributed by atoms with Crippen molar-refractivity contribution in [2.24, 2.45) is 0 Å². The minimum Gasteiger partial charge on any atom is -0.323 e. The first-order valence-electron chi connectivity index (χ1n) is 9.25. The van der Waals surface area contributed by atoms with Gasteiger partial charge in [-0.1, -0.05) is 60.3 Å². The van der Waals surface area contributed by atoms with E-state index >= 15 is 0 Å². The minimum atomic E-state index is -3.84. The molecule has 1 amide bonds. The van der Waals surface area contributed by atoms with Crippen LogP contribution in [0.3, 0.4) is 0 Å². The highest BCUT2D eigenvalue weighted by Crippen LogP contribution is 2.33. The van der Waals surface area contributed by atoms with E-state index in [9.17, 15) is 13.2 Å². The molecule has 1 N–H and O–H groups in total. The summed E-state index contributed by atoms with van der Waals surface area (Å²) in [5, 5.41) is 2.86. The molecule has 0 unspecified atom stereocenters. The van der Waals surface area contributed by atoms with Crippen molar-refractivity contribution in [3.63, 3.8) is 0 Å². The van der Waals surface area contributed by atoms with Crippen LogP contribution in [0.4, 0.5) is 11.4 Å². The quantitative estimate of drug-likeness (QED) is 0.572. The Balaban J connectivity index is 1.81. The van der Waals surface area contributed by atoms with Gasteiger partial charge in [0, 0.05) is 23.9 Å². The van der Waals surface area contributed by atoms with Crippen LogP contribution < -0.4 is 9.62 Å². The Kier molecular flexibility index (Phi) is 7.15. The molecule has 0 bridgehead atoms. The second kappa shape index (κ2) is 9.80. The van der Waals surface area contributed by atoms with E-state index in [1.54, 1.807) is 36.4 Å². The highest BCUT2D eigenvalue weighted by Gasteiger charge is 2.27. The summed E-state index contributed by atoms with van der Waals surface area (Å²) in [5.41, 5.74) is 1.06. The van der Waals surface area contributed by atoms with Crippen LogP contribution in [0.2, 0.25) is 0 Å². The number of amides is 1. The number of hydrogen-bond donors (Lipinski definition) is 1. The van der Waals surface area contributed by atoms with Crippen molar-refractivity contribution in [2.45, 2.75) is 9.79 Å². The van der Waals surface area contributed by atoms with Crippen molar-refractivity contribution >= 4 is 39.3 Å². The van der Waals surface area contributed by atoms with E-state index < -0.39 is 16.1 Å². The van der Waals surface area contributed by atoms with Gasteiger partial charge in [-0.2, -0.15) is 12.7 Å². The minimum absolute atomic E-state index is 0.338. The number of carbonyl (C=O) groups excluding carboxylic acids is 1. The van der Waals surface area contributed by atoms with Crippen molar-refractivity contribution < 1.29 is 13.2 Å². The van der Waals surface area contributed by atoms with Crippen LogP contribution in [0.1, 0.15) is 0 Å². The molecule has 3 rings (SSSR count). The highest BCUT2D eigenvalue weighted by atomic mass is 32.2. The average Bonchev–Trinajstić information content (AvgIpc) is 2.74. The fourth-order valence-corrected chi connectivity index (χ4v) is 4.68. The van der Waals surface area contributed by atoms with Crippen LogP contribution in [0.25, 0.3) is 0 Å². The summed E-state index contributed by atoms with van der Waals surface area (Å²) in [6, 6.07) is 25.9. The molecule has 0 radical (unpaired) electrons. The van der Waals surface area contributed by atoms with Gasteiger partial charge >= 0.3 is 10.2 Å². The zero-order chi connectivity index (χ0) is 21.6. The van der Waals surface area contributed by atoms with Crippen LogP contribution in [0.5, 0.6) is 0 Å². The van der Waals surface area contributed by atoms with Crippen LogP contribution in [0, 0.1) is 0 Å². The Labute approximate surface area is 181 Å². The first-order valence-corrected chi connectivity index (χ1v) is 11.5. The summed E-state index contributed by atoms with van der Waals surface area (Å²) in [4.78, 5) is 14.7. The number of para-hydroxylation sites is 2. The molecule has 3 aromatic rings. The van der Waals surface area contributed by atoms with E-state index in [1.807, 2.05) is 48.5 Å². The Hall–Kier alpha value is -2.81. The summed E-state index contributed by atoms with van der Waals surface area (Å²) in [6.07, 6.45) is 0. The third-order valence-corrected chi connectivity index (χ3v) is 7.11. The fraction of sp³-hybridized carbons (Fsp3) is 0.136. The largest absolute Gasteiger partial charge is 0.323 e. The van der Waals surface area contributed by atoms with Gasteiger partial charge in [0.05, 0.1) is 11.4 Å². The maximum atomic E-state index is 12.8. The smallest absolute Gasteiger partial charge is 0.304 e. The second-order valence-electron chi connectivity index (χ2n) is 6.59. The Morgan fingerprint density at radius 2 is 1.43 bits per heavy atom. The van der Waals surface area contributed by atoms with Crippen molar-refractivity contribution in [1.29, 1.82) is 0 Å². The van der Waals surface area contributed by atoms with E-state index in [4.69, 9.17) is 0 Å². The number of carbonyl (C=O) groups is 1. The maximum absolute atomic E-state index is 12.8. The van der Waals surface area contributed by atoms with Gasteiger partial charge in [-0.05, 0) is 36.4 Å². The van der Waals surface area contributed by atoms with Gasteiger partial charge in [-0.25, -0.2) is 4.31 Å². The molecule has 0 aliphatic rings. The lowest BCUT2D eigenvalue weighted by atomic mass is 10.3. The molecule has 30 heavy (non-hydrogen) atoms.